The highest BCUT2D eigenvalue weighted by atomic mass is 16.5. The number of aliphatic hydroxyl groups is 1. The first-order chi connectivity index (χ1) is 10.3. The molecule has 1 aromatic rings. The molecule has 5 rings (SSSR count). The molecule has 4 heteroatoms. The van der Waals surface area contributed by atoms with Gasteiger partial charge in [-0.3, -0.25) is 0 Å². The van der Waals surface area contributed by atoms with Gasteiger partial charge in [-0.05, 0) is 31.0 Å². The van der Waals surface area contributed by atoms with E-state index >= 15 is 0 Å². The molecule has 4 aliphatic rings. The molecule has 2 heterocycles. The number of benzene rings is 1. The Morgan fingerprint density at radius 3 is 3.14 bits per heavy atom. The van der Waals surface area contributed by atoms with E-state index in [0.717, 1.165) is 30.9 Å². The molecule has 5 atom stereocenters. The monoisotopic (exact) mass is 285 g/mol. The number of methoxy groups -OCH3 is 1. The first-order valence-electron chi connectivity index (χ1n) is 7.72. The van der Waals surface area contributed by atoms with Crippen molar-refractivity contribution in [2.45, 2.75) is 36.5 Å². The van der Waals surface area contributed by atoms with E-state index in [9.17, 15) is 5.11 Å². The molecule has 0 saturated carbocycles. The fraction of sp³-hybridized carbons (Fsp3) is 0.529. The van der Waals surface area contributed by atoms with Crippen molar-refractivity contribution in [3.05, 3.63) is 35.4 Å². The fourth-order valence-electron chi connectivity index (χ4n) is 5.13. The Labute approximate surface area is 123 Å². The summed E-state index contributed by atoms with van der Waals surface area (Å²) in [6.45, 7) is 0.984. The number of nitrogens with one attached hydrogen (secondary N) is 1. The van der Waals surface area contributed by atoms with Gasteiger partial charge in [-0.25, -0.2) is 0 Å². The molecule has 1 saturated heterocycles. The molecule has 4 nitrogen and oxygen atoms in total. The Kier molecular flexibility index (Phi) is 2.19. The maximum Gasteiger partial charge on any atom is 0.165 e. The van der Waals surface area contributed by atoms with Crippen LogP contribution in [0, 0.1) is 5.92 Å². The van der Waals surface area contributed by atoms with Crippen molar-refractivity contribution >= 4 is 0 Å². The van der Waals surface area contributed by atoms with Crippen LogP contribution >= 0.6 is 0 Å². The summed E-state index contributed by atoms with van der Waals surface area (Å²) in [7, 11) is 1.68. The summed E-state index contributed by atoms with van der Waals surface area (Å²) in [6, 6.07) is 4.62. The summed E-state index contributed by atoms with van der Waals surface area (Å²) in [5, 5.41) is 14.1. The van der Waals surface area contributed by atoms with Gasteiger partial charge in [-0.1, -0.05) is 18.2 Å². The maximum atomic E-state index is 10.5. The molecule has 0 aromatic heterocycles. The van der Waals surface area contributed by atoms with Crippen molar-refractivity contribution in [1.29, 1.82) is 0 Å². The summed E-state index contributed by atoms with van der Waals surface area (Å²) in [6.07, 6.45) is 5.43. The van der Waals surface area contributed by atoms with Crippen molar-refractivity contribution < 1.29 is 14.6 Å². The van der Waals surface area contributed by atoms with Crippen LogP contribution in [0.4, 0.5) is 0 Å². The van der Waals surface area contributed by atoms with Crippen LogP contribution < -0.4 is 14.8 Å². The number of ether oxygens (including phenoxy) is 2. The average Bonchev–Trinajstić information content (AvgIpc) is 2.83. The van der Waals surface area contributed by atoms with E-state index in [-0.39, 0.29) is 11.5 Å². The van der Waals surface area contributed by atoms with Gasteiger partial charge in [0.1, 0.15) is 12.2 Å². The van der Waals surface area contributed by atoms with E-state index in [1.807, 2.05) is 12.1 Å². The van der Waals surface area contributed by atoms with Crippen LogP contribution in [0.2, 0.25) is 0 Å². The summed E-state index contributed by atoms with van der Waals surface area (Å²) >= 11 is 0. The Balaban J connectivity index is 1.84. The highest BCUT2D eigenvalue weighted by Gasteiger charge is 2.63. The van der Waals surface area contributed by atoms with Crippen LogP contribution in [-0.2, 0) is 11.8 Å². The maximum absolute atomic E-state index is 10.5. The molecule has 110 valence electrons. The van der Waals surface area contributed by atoms with Crippen LogP contribution in [-0.4, -0.2) is 37.0 Å². The minimum absolute atomic E-state index is 0.0818. The summed E-state index contributed by atoms with van der Waals surface area (Å²) < 4.78 is 11.8. The standard InChI is InChI=1S/C17H19NO3/c1-20-13-5-2-9-8-11-10-3-4-12(19)16-17(10,6-7-18-11)14(9)15(13)21-16/h2-5,10-12,16,18-19H,6-8H2,1H3/t10-,11-,12+,16+,17+/m1/s1. The van der Waals surface area contributed by atoms with E-state index < -0.39 is 6.10 Å². The quantitative estimate of drug-likeness (QED) is 0.760. The summed E-state index contributed by atoms with van der Waals surface area (Å²) in [5.41, 5.74) is 2.57. The Morgan fingerprint density at radius 1 is 1.38 bits per heavy atom. The van der Waals surface area contributed by atoms with E-state index in [2.05, 4.69) is 17.5 Å². The largest absolute Gasteiger partial charge is 0.493 e. The second kappa shape index (κ2) is 3.81. The minimum atomic E-state index is -0.539. The molecule has 0 unspecified atom stereocenters. The molecule has 1 fully saturated rings. The van der Waals surface area contributed by atoms with Gasteiger partial charge in [0, 0.05) is 22.9 Å². The second-order valence-electron chi connectivity index (χ2n) is 6.63. The molecular weight excluding hydrogens is 266 g/mol. The Morgan fingerprint density at radius 2 is 2.29 bits per heavy atom. The molecule has 1 aromatic carbocycles. The molecule has 2 N–H and O–H groups in total. The smallest absolute Gasteiger partial charge is 0.165 e. The van der Waals surface area contributed by atoms with Gasteiger partial charge in [-0.2, -0.15) is 0 Å². The zero-order valence-electron chi connectivity index (χ0n) is 12.0. The number of hydrogen-bond acceptors (Lipinski definition) is 4. The van der Waals surface area contributed by atoms with E-state index in [4.69, 9.17) is 9.47 Å². The molecule has 2 aliphatic heterocycles. The number of hydrogen-bond donors (Lipinski definition) is 2. The highest BCUT2D eigenvalue weighted by molar-refractivity contribution is 5.62. The topological polar surface area (TPSA) is 50.7 Å². The van der Waals surface area contributed by atoms with Gasteiger partial charge in [0.15, 0.2) is 11.5 Å². The van der Waals surface area contributed by atoms with Crippen LogP contribution in [0.3, 0.4) is 0 Å². The van der Waals surface area contributed by atoms with Gasteiger partial charge < -0.3 is 19.9 Å². The SMILES string of the molecule is COc1ccc2c3c1O[C@H]1[C@@H](O)C=C[C@@H]4[C@@H](C2)NCC[C@@]341. The summed E-state index contributed by atoms with van der Waals surface area (Å²) in [5.74, 6) is 2.06. The van der Waals surface area contributed by atoms with Crippen LogP contribution in [0.25, 0.3) is 0 Å². The Hall–Kier alpha value is -1.52. The molecule has 2 aliphatic carbocycles. The summed E-state index contributed by atoms with van der Waals surface area (Å²) in [4.78, 5) is 0. The van der Waals surface area contributed by atoms with E-state index in [0.29, 0.717) is 12.0 Å². The van der Waals surface area contributed by atoms with E-state index in [1.165, 1.54) is 11.1 Å². The minimum Gasteiger partial charge on any atom is -0.493 e. The molecule has 1 spiro atoms. The first kappa shape index (κ1) is 12.1. The van der Waals surface area contributed by atoms with Gasteiger partial charge in [0.25, 0.3) is 0 Å². The zero-order valence-corrected chi connectivity index (χ0v) is 12.0. The van der Waals surface area contributed by atoms with Crippen LogP contribution in [0.15, 0.2) is 24.3 Å². The number of piperidine rings is 1. The van der Waals surface area contributed by atoms with Crippen molar-refractivity contribution in [1.82, 2.24) is 5.32 Å². The lowest BCUT2D eigenvalue weighted by Crippen LogP contribution is -2.64. The van der Waals surface area contributed by atoms with Crippen molar-refractivity contribution in [2.75, 3.05) is 13.7 Å². The van der Waals surface area contributed by atoms with Gasteiger partial charge >= 0.3 is 0 Å². The Bertz CT molecular complexity index is 656. The lowest BCUT2D eigenvalue weighted by Gasteiger charge is -2.53. The zero-order chi connectivity index (χ0) is 14.2. The number of rotatable bonds is 1. The van der Waals surface area contributed by atoms with Gasteiger partial charge in [0.05, 0.1) is 7.11 Å². The van der Waals surface area contributed by atoms with Crippen molar-refractivity contribution in [3.8, 4) is 11.5 Å². The third-order valence-corrected chi connectivity index (χ3v) is 5.88. The third kappa shape index (κ3) is 1.25. The number of aliphatic hydroxyl groups excluding tert-OH is 1. The lowest BCUT2D eigenvalue weighted by molar-refractivity contribution is -0.0177. The fourth-order valence-corrected chi connectivity index (χ4v) is 5.13. The predicted octanol–water partition coefficient (Wildman–Crippen LogP) is 1.16. The van der Waals surface area contributed by atoms with E-state index in [1.54, 1.807) is 7.11 Å². The molecule has 2 bridgehead atoms. The average molecular weight is 285 g/mol. The normalized spacial score (nSPS) is 41.4. The van der Waals surface area contributed by atoms with Crippen LogP contribution in [0.1, 0.15) is 17.5 Å². The highest BCUT2D eigenvalue weighted by Crippen LogP contribution is 2.61. The van der Waals surface area contributed by atoms with Crippen molar-refractivity contribution in [3.63, 3.8) is 0 Å². The first-order valence-corrected chi connectivity index (χ1v) is 7.72. The van der Waals surface area contributed by atoms with Gasteiger partial charge in [-0.15, -0.1) is 0 Å². The predicted molar refractivity (Wildman–Crippen MR) is 77.8 cm³/mol. The van der Waals surface area contributed by atoms with Crippen LogP contribution in [0.5, 0.6) is 11.5 Å². The second-order valence-corrected chi connectivity index (χ2v) is 6.63. The molecule has 0 radical (unpaired) electrons. The molecule has 0 amide bonds. The molecule has 21 heavy (non-hydrogen) atoms. The third-order valence-electron chi connectivity index (χ3n) is 5.88. The lowest BCUT2D eigenvalue weighted by atomic mass is 9.54. The van der Waals surface area contributed by atoms with Crippen molar-refractivity contribution in [2.24, 2.45) is 5.92 Å². The molecular formula is C17H19NO3. The van der Waals surface area contributed by atoms with Gasteiger partial charge in [0.2, 0.25) is 0 Å².